The van der Waals surface area contributed by atoms with Gasteiger partial charge in [-0.1, -0.05) is 18.2 Å². The van der Waals surface area contributed by atoms with Crippen molar-refractivity contribution in [3.05, 3.63) is 67.0 Å². The van der Waals surface area contributed by atoms with E-state index < -0.39 is 0 Å². The number of para-hydroxylation sites is 1. The van der Waals surface area contributed by atoms with Gasteiger partial charge in [-0.05, 0) is 36.4 Å². The SMILES string of the molecule is Br.C=CCN1CCN(c2nn(-c3ccc(F)cc3)c3ccccc23)CC1. The molecule has 0 N–H and O–H groups in total. The summed E-state index contributed by atoms with van der Waals surface area (Å²) in [7, 11) is 0. The lowest BCUT2D eigenvalue weighted by Crippen LogP contribution is -2.46. The first-order valence-electron chi connectivity index (χ1n) is 8.58. The van der Waals surface area contributed by atoms with E-state index in [4.69, 9.17) is 5.10 Å². The van der Waals surface area contributed by atoms with Crippen LogP contribution in [0.2, 0.25) is 0 Å². The molecule has 0 spiro atoms. The van der Waals surface area contributed by atoms with Gasteiger partial charge in [0, 0.05) is 38.1 Å². The normalized spacial score (nSPS) is 15.0. The van der Waals surface area contributed by atoms with Crippen LogP contribution in [0.1, 0.15) is 0 Å². The van der Waals surface area contributed by atoms with Crippen molar-refractivity contribution in [2.45, 2.75) is 0 Å². The molecule has 0 saturated carbocycles. The lowest BCUT2D eigenvalue weighted by atomic mass is 10.2. The summed E-state index contributed by atoms with van der Waals surface area (Å²) in [6.07, 6.45) is 1.95. The molecule has 0 atom stereocenters. The number of rotatable bonds is 4. The van der Waals surface area contributed by atoms with Crippen molar-refractivity contribution < 1.29 is 4.39 Å². The van der Waals surface area contributed by atoms with Crippen molar-refractivity contribution in [3.63, 3.8) is 0 Å². The van der Waals surface area contributed by atoms with Gasteiger partial charge in [0.25, 0.3) is 0 Å². The number of nitrogens with zero attached hydrogens (tertiary/aromatic N) is 4. The van der Waals surface area contributed by atoms with Crippen LogP contribution in [0.3, 0.4) is 0 Å². The van der Waals surface area contributed by atoms with Crippen LogP contribution in [0, 0.1) is 5.82 Å². The zero-order valence-electron chi connectivity index (χ0n) is 14.5. The molecule has 0 unspecified atom stereocenters. The molecule has 4 nitrogen and oxygen atoms in total. The Kier molecular flexibility index (Phi) is 5.74. The van der Waals surface area contributed by atoms with Gasteiger partial charge in [-0.3, -0.25) is 4.90 Å². The highest BCUT2D eigenvalue weighted by Crippen LogP contribution is 2.29. The van der Waals surface area contributed by atoms with Crippen molar-refractivity contribution in [2.24, 2.45) is 0 Å². The summed E-state index contributed by atoms with van der Waals surface area (Å²) in [5.74, 6) is 0.761. The summed E-state index contributed by atoms with van der Waals surface area (Å²) < 4.78 is 15.2. The number of halogens is 2. The molecule has 136 valence electrons. The second-order valence-electron chi connectivity index (χ2n) is 6.31. The second kappa shape index (κ2) is 8.01. The quantitative estimate of drug-likeness (QED) is 0.599. The molecule has 0 bridgehead atoms. The third-order valence-electron chi connectivity index (χ3n) is 4.70. The number of aromatic nitrogens is 2. The van der Waals surface area contributed by atoms with E-state index in [0.29, 0.717) is 0 Å². The summed E-state index contributed by atoms with van der Waals surface area (Å²) in [6, 6.07) is 14.7. The molecule has 26 heavy (non-hydrogen) atoms. The van der Waals surface area contributed by atoms with E-state index in [0.717, 1.165) is 55.1 Å². The number of hydrogen-bond acceptors (Lipinski definition) is 3. The predicted octanol–water partition coefficient (Wildman–Crippen LogP) is 4.05. The molecule has 2 aromatic carbocycles. The standard InChI is InChI=1S/C20H21FN4.BrH/c1-2-11-23-12-14-24(15-13-23)20-18-5-3-4-6-19(18)25(22-20)17-9-7-16(21)8-10-17;/h2-10H,1,11-15H2;1H. The molecule has 0 radical (unpaired) electrons. The molecule has 1 aromatic heterocycles. The Labute approximate surface area is 163 Å². The monoisotopic (exact) mass is 416 g/mol. The smallest absolute Gasteiger partial charge is 0.159 e. The van der Waals surface area contributed by atoms with Crippen LogP contribution in [0.4, 0.5) is 10.2 Å². The van der Waals surface area contributed by atoms with Crippen LogP contribution in [0.15, 0.2) is 61.2 Å². The third-order valence-corrected chi connectivity index (χ3v) is 4.70. The predicted molar refractivity (Wildman–Crippen MR) is 110 cm³/mol. The molecule has 1 fully saturated rings. The number of piperazine rings is 1. The maximum atomic E-state index is 13.3. The number of benzene rings is 2. The molecule has 1 aliphatic heterocycles. The van der Waals surface area contributed by atoms with Gasteiger partial charge in [0.15, 0.2) is 5.82 Å². The zero-order valence-corrected chi connectivity index (χ0v) is 16.2. The molecule has 0 aliphatic carbocycles. The number of anilines is 1. The van der Waals surface area contributed by atoms with E-state index in [2.05, 4.69) is 28.5 Å². The van der Waals surface area contributed by atoms with Gasteiger partial charge >= 0.3 is 0 Å². The van der Waals surface area contributed by atoms with E-state index in [1.54, 1.807) is 12.1 Å². The molecule has 6 heteroatoms. The molecule has 1 aliphatic rings. The van der Waals surface area contributed by atoms with Crippen LogP contribution < -0.4 is 4.90 Å². The first-order chi connectivity index (χ1) is 12.3. The average Bonchev–Trinajstić information content (AvgIpc) is 3.03. The Morgan fingerprint density at radius 3 is 2.38 bits per heavy atom. The summed E-state index contributed by atoms with van der Waals surface area (Å²) in [5.41, 5.74) is 1.91. The minimum Gasteiger partial charge on any atom is -0.352 e. The topological polar surface area (TPSA) is 24.3 Å². The molecule has 0 amide bonds. The summed E-state index contributed by atoms with van der Waals surface area (Å²) in [6.45, 7) is 8.64. The van der Waals surface area contributed by atoms with Gasteiger partial charge in [0.1, 0.15) is 5.82 Å². The molecule has 1 saturated heterocycles. The zero-order chi connectivity index (χ0) is 17.2. The maximum absolute atomic E-state index is 13.3. The van der Waals surface area contributed by atoms with Crippen LogP contribution in [-0.4, -0.2) is 47.4 Å². The summed E-state index contributed by atoms with van der Waals surface area (Å²) in [4.78, 5) is 4.73. The average molecular weight is 417 g/mol. The fraction of sp³-hybridized carbons (Fsp3) is 0.250. The van der Waals surface area contributed by atoms with Gasteiger partial charge in [-0.25, -0.2) is 9.07 Å². The van der Waals surface area contributed by atoms with Gasteiger partial charge in [-0.2, -0.15) is 0 Å². The van der Waals surface area contributed by atoms with Crippen LogP contribution in [0.25, 0.3) is 16.6 Å². The first-order valence-corrected chi connectivity index (χ1v) is 8.58. The summed E-state index contributed by atoms with van der Waals surface area (Å²) in [5, 5.41) is 5.99. The lowest BCUT2D eigenvalue weighted by molar-refractivity contribution is 0.283. The first kappa shape index (κ1) is 18.6. The van der Waals surface area contributed by atoms with Gasteiger partial charge in [-0.15, -0.1) is 28.7 Å². The molecular weight excluding hydrogens is 395 g/mol. The lowest BCUT2D eigenvalue weighted by Gasteiger charge is -2.34. The van der Waals surface area contributed by atoms with Crippen LogP contribution >= 0.6 is 17.0 Å². The van der Waals surface area contributed by atoms with Crippen molar-refractivity contribution in [2.75, 3.05) is 37.6 Å². The third kappa shape index (κ3) is 3.52. The summed E-state index contributed by atoms with van der Waals surface area (Å²) >= 11 is 0. The fourth-order valence-electron chi connectivity index (χ4n) is 3.39. The van der Waals surface area contributed by atoms with Crippen molar-refractivity contribution in [1.82, 2.24) is 14.7 Å². The Hall–Kier alpha value is -2.18. The van der Waals surface area contributed by atoms with E-state index in [-0.39, 0.29) is 22.8 Å². The van der Waals surface area contributed by atoms with E-state index in [1.807, 2.05) is 22.9 Å². The largest absolute Gasteiger partial charge is 0.352 e. The highest BCUT2D eigenvalue weighted by Gasteiger charge is 2.21. The highest BCUT2D eigenvalue weighted by molar-refractivity contribution is 8.93. The van der Waals surface area contributed by atoms with Gasteiger partial charge in [0.05, 0.1) is 11.2 Å². The number of hydrogen-bond donors (Lipinski definition) is 0. The van der Waals surface area contributed by atoms with E-state index in [9.17, 15) is 4.39 Å². The van der Waals surface area contributed by atoms with Crippen molar-refractivity contribution >= 4 is 33.7 Å². The second-order valence-corrected chi connectivity index (χ2v) is 6.31. The van der Waals surface area contributed by atoms with Crippen LogP contribution in [-0.2, 0) is 0 Å². The van der Waals surface area contributed by atoms with E-state index >= 15 is 0 Å². The van der Waals surface area contributed by atoms with Crippen molar-refractivity contribution in [1.29, 1.82) is 0 Å². The number of fused-ring (bicyclic) bond motifs is 1. The minimum atomic E-state index is -0.237. The fourth-order valence-corrected chi connectivity index (χ4v) is 3.39. The molecule has 2 heterocycles. The Balaban J connectivity index is 0.00000196. The maximum Gasteiger partial charge on any atom is 0.159 e. The Bertz CT molecular complexity index is 882. The van der Waals surface area contributed by atoms with Gasteiger partial charge in [0.2, 0.25) is 0 Å². The molecular formula is C20H22BrFN4. The Morgan fingerprint density at radius 1 is 1.00 bits per heavy atom. The van der Waals surface area contributed by atoms with Crippen LogP contribution in [0.5, 0.6) is 0 Å². The van der Waals surface area contributed by atoms with Gasteiger partial charge < -0.3 is 4.90 Å². The Morgan fingerprint density at radius 2 is 1.69 bits per heavy atom. The minimum absolute atomic E-state index is 0. The van der Waals surface area contributed by atoms with E-state index in [1.165, 1.54) is 12.1 Å². The molecule has 4 rings (SSSR count). The highest BCUT2D eigenvalue weighted by atomic mass is 79.9. The molecule has 3 aromatic rings. The van der Waals surface area contributed by atoms with Crippen molar-refractivity contribution in [3.8, 4) is 5.69 Å².